The zero-order chi connectivity index (χ0) is 16.6. The van der Waals surface area contributed by atoms with E-state index >= 15 is 0 Å². The first kappa shape index (κ1) is 14.9. The topological polar surface area (TPSA) is 91.0 Å². The summed E-state index contributed by atoms with van der Waals surface area (Å²) >= 11 is 0. The summed E-state index contributed by atoms with van der Waals surface area (Å²) in [5.74, 6) is 0.302. The lowest BCUT2D eigenvalue weighted by molar-refractivity contribution is 0.602. The number of aromatic amines is 1. The van der Waals surface area contributed by atoms with Crippen LogP contribution in [0.2, 0.25) is 0 Å². The molecule has 4 rings (SSSR count). The summed E-state index contributed by atoms with van der Waals surface area (Å²) in [7, 11) is -3.73. The van der Waals surface area contributed by atoms with Gasteiger partial charge in [0.1, 0.15) is 16.4 Å². The minimum absolute atomic E-state index is 0.163. The molecule has 0 aliphatic carbocycles. The van der Waals surface area contributed by atoms with Crippen molar-refractivity contribution in [3.05, 3.63) is 42.9 Å². The molecule has 24 heavy (non-hydrogen) atoms. The Bertz CT molecular complexity index is 960. The normalized spacial score (nSPS) is 15.1. The monoisotopic (exact) mass is 343 g/mol. The van der Waals surface area contributed by atoms with Gasteiger partial charge in [-0.25, -0.2) is 18.4 Å². The Balaban J connectivity index is 1.59. The van der Waals surface area contributed by atoms with Gasteiger partial charge in [0.05, 0.1) is 11.9 Å². The number of nitrogens with zero attached hydrogens (tertiary/aromatic N) is 3. The molecule has 0 amide bonds. The number of rotatable bonds is 4. The van der Waals surface area contributed by atoms with Gasteiger partial charge in [-0.1, -0.05) is 0 Å². The van der Waals surface area contributed by atoms with E-state index < -0.39 is 10.0 Å². The smallest absolute Gasteiger partial charge is 0.265 e. The number of aromatic nitrogens is 3. The van der Waals surface area contributed by atoms with E-state index in [4.69, 9.17) is 0 Å². The van der Waals surface area contributed by atoms with Crippen LogP contribution >= 0.6 is 0 Å². The minimum Gasteiger partial charge on any atom is -0.370 e. The lowest BCUT2D eigenvalue weighted by Gasteiger charge is -2.17. The molecule has 0 bridgehead atoms. The zero-order valence-electron chi connectivity index (χ0n) is 12.9. The Morgan fingerprint density at radius 1 is 1.12 bits per heavy atom. The number of nitrogens with one attached hydrogen (secondary N) is 2. The van der Waals surface area contributed by atoms with E-state index in [1.54, 1.807) is 30.6 Å². The first-order valence-corrected chi connectivity index (χ1v) is 9.28. The number of H-pyrrole nitrogens is 1. The van der Waals surface area contributed by atoms with Gasteiger partial charge >= 0.3 is 0 Å². The van der Waals surface area contributed by atoms with Gasteiger partial charge in [0, 0.05) is 30.9 Å². The highest BCUT2D eigenvalue weighted by molar-refractivity contribution is 7.93. The molecular formula is C16H17N5O2S. The average Bonchev–Trinajstić information content (AvgIpc) is 3.25. The molecule has 7 nitrogen and oxygen atoms in total. The predicted octanol–water partition coefficient (Wildman–Crippen LogP) is 2.36. The molecule has 0 spiro atoms. The Morgan fingerprint density at radius 3 is 2.71 bits per heavy atom. The van der Waals surface area contributed by atoms with Crippen molar-refractivity contribution in [2.45, 2.75) is 17.7 Å². The standard InChI is InChI=1S/C16H17N5O2S/c22-24(23,14-11-19-16-13(14)4-3-7-17-16)20-15-6-5-12(10-18-15)21-8-1-2-9-21/h3-7,10-11H,1-2,8-9H2,(H,17,19)(H,18,20). The summed E-state index contributed by atoms with van der Waals surface area (Å²) in [6.07, 6.45) is 7.13. The van der Waals surface area contributed by atoms with E-state index in [2.05, 4.69) is 24.6 Å². The van der Waals surface area contributed by atoms with Gasteiger partial charge in [-0.3, -0.25) is 4.72 Å². The van der Waals surface area contributed by atoms with E-state index in [1.165, 1.54) is 19.0 Å². The Labute approximate surface area is 139 Å². The summed E-state index contributed by atoms with van der Waals surface area (Å²) in [5, 5.41) is 0.554. The fourth-order valence-electron chi connectivity index (χ4n) is 2.95. The third-order valence-electron chi connectivity index (χ3n) is 4.16. The summed E-state index contributed by atoms with van der Waals surface area (Å²) in [6, 6.07) is 7.01. The maximum absolute atomic E-state index is 12.6. The van der Waals surface area contributed by atoms with Crippen molar-refractivity contribution in [1.29, 1.82) is 0 Å². The Morgan fingerprint density at radius 2 is 1.96 bits per heavy atom. The van der Waals surface area contributed by atoms with Crippen molar-refractivity contribution >= 4 is 32.6 Å². The van der Waals surface area contributed by atoms with Crippen LogP contribution in [0.15, 0.2) is 47.8 Å². The van der Waals surface area contributed by atoms with Crippen molar-refractivity contribution in [1.82, 2.24) is 15.0 Å². The van der Waals surface area contributed by atoms with Gasteiger partial charge < -0.3 is 9.88 Å². The van der Waals surface area contributed by atoms with Crippen LogP contribution in [0.4, 0.5) is 11.5 Å². The van der Waals surface area contributed by atoms with E-state index in [-0.39, 0.29) is 4.90 Å². The minimum atomic E-state index is -3.73. The molecule has 0 unspecified atom stereocenters. The van der Waals surface area contributed by atoms with Gasteiger partial charge in [0.2, 0.25) is 0 Å². The number of pyridine rings is 2. The van der Waals surface area contributed by atoms with Crippen molar-refractivity contribution in [3.8, 4) is 0 Å². The largest absolute Gasteiger partial charge is 0.370 e. The maximum Gasteiger partial charge on any atom is 0.265 e. The van der Waals surface area contributed by atoms with Crippen LogP contribution in [0.1, 0.15) is 12.8 Å². The second-order valence-corrected chi connectivity index (χ2v) is 7.40. The quantitative estimate of drug-likeness (QED) is 0.759. The first-order chi connectivity index (χ1) is 11.6. The second kappa shape index (κ2) is 5.79. The Hall–Kier alpha value is -2.61. The lowest BCUT2D eigenvalue weighted by atomic mass is 10.3. The molecule has 0 saturated carbocycles. The number of hydrogen-bond acceptors (Lipinski definition) is 5. The number of anilines is 2. The fraction of sp³-hybridized carbons (Fsp3) is 0.250. The molecule has 0 atom stereocenters. The molecule has 3 aromatic rings. The van der Waals surface area contributed by atoms with Crippen LogP contribution in [-0.4, -0.2) is 36.5 Å². The van der Waals surface area contributed by atoms with Crippen LogP contribution in [0.5, 0.6) is 0 Å². The van der Waals surface area contributed by atoms with E-state index in [0.717, 1.165) is 18.8 Å². The molecule has 3 aromatic heterocycles. The fourth-order valence-corrected chi connectivity index (χ4v) is 4.13. The van der Waals surface area contributed by atoms with Crippen LogP contribution in [-0.2, 0) is 10.0 Å². The van der Waals surface area contributed by atoms with Gasteiger partial charge in [-0.05, 0) is 37.1 Å². The molecule has 1 aliphatic heterocycles. The van der Waals surface area contributed by atoms with Gasteiger partial charge in [-0.15, -0.1) is 0 Å². The molecule has 124 valence electrons. The van der Waals surface area contributed by atoms with Crippen LogP contribution in [0, 0.1) is 0 Å². The first-order valence-electron chi connectivity index (χ1n) is 7.79. The molecule has 1 saturated heterocycles. The molecule has 8 heteroatoms. The van der Waals surface area contributed by atoms with Crippen molar-refractivity contribution in [2.24, 2.45) is 0 Å². The average molecular weight is 343 g/mol. The third-order valence-corrected chi connectivity index (χ3v) is 5.56. The Kier molecular flexibility index (Phi) is 3.61. The molecule has 0 radical (unpaired) electrons. The number of hydrogen-bond donors (Lipinski definition) is 2. The second-order valence-electron chi connectivity index (χ2n) is 5.75. The summed E-state index contributed by atoms with van der Waals surface area (Å²) in [4.78, 5) is 13.6. The summed E-state index contributed by atoms with van der Waals surface area (Å²) in [6.45, 7) is 2.05. The molecule has 0 aromatic carbocycles. The van der Waals surface area contributed by atoms with E-state index in [9.17, 15) is 8.42 Å². The highest BCUT2D eigenvalue weighted by Gasteiger charge is 2.20. The molecule has 1 aliphatic rings. The van der Waals surface area contributed by atoms with Crippen LogP contribution < -0.4 is 9.62 Å². The van der Waals surface area contributed by atoms with Crippen molar-refractivity contribution in [2.75, 3.05) is 22.7 Å². The van der Waals surface area contributed by atoms with Gasteiger partial charge in [0.25, 0.3) is 10.0 Å². The van der Waals surface area contributed by atoms with Crippen LogP contribution in [0.25, 0.3) is 11.0 Å². The molecule has 2 N–H and O–H groups in total. The van der Waals surface area contributed by atoms with Crippen molar-refractivity contribution < 1.29 is 8.42 Å². The number of fused-ring (bicyclic) bond motifs is 1. The summed E-state index contributed by atoms with van der Waals surface area (Å²) in [5.41, 5.74) is 1.56. The van der Waals surface area contributed by atoms with E-state index in [1.807, 2.05) is 6.07 Å². The zero-order valence-corrected chi connectivity index (χ0v) is 13.8. The SMILES string of the molecule is O=S(=O)(Nc1ccc(N2CCCC2)cn1)c1c[nH]c2ncccc12. The molecule has 4 heterocycles. The van der Waals surface area contributed by atoms with Gasteiger partial charge in [-0.2, -0.15) is 0 Å². The lowest BCUT2D eigenvalue weighted by Crippen LogP contribution is -2.18. The third kappa shape index (κ3) is 2.69. The predicted molar refractivity (Wildman–Crippen MR) is 92.6 cm³/mol. The molecular weight excluding hydrogens is 326 g/mol. The van der Waals surface area contributed by atoms with E-state index in [0.29, 0.717) is 16.9 Å². The maximum atomic E-state index is 12.6. The summed E-state index contributed by atoms with van der Waals surface area (Å²) < 4.78 is 27.7. The molecule has 1 fully saturated rings. The number of sulfonamides is 1. The van der Waals surface area contributed by atoms with Crippen molar-refractivity contribution in [3.63, 3.8) is 0 Å². The van der Waals surface area contributed by atoms with Gasteiger partial charge in [0.15, 0.2) is 0 Å². The highest BCUT2D eigenvalue weighted by Crippen LogP contribution is 2.24. The highest BCUT2D eigenvalue weighted by atomic mass is 32.2. The van der Waals surface area contributed by atoms with Crippen LogP contribution in [0.3, 0.4) is 0 Å².